The van der Waals surface area contributed by atoms with E-state index in [0.29, 0.717) is 23.1 Å². The lowest BCUT2D eigenvalue weighted by molar-refractivity contribution is 0.0950. The molecule has 2 aromatic carbocycles. The van der Waals surface area contributed by atoms with Crippen LogP contribution in [0.1, 0.15) is 34.0 Å². The van der Waals surface area contributed by atoms with Crippen molar-refractivity contribution in [2.45, 2.75) is 26.8 Å². The smallest absolute Gasteiger partial charge is 0.254 e. The van der Waals surface area contributed by atoms with Crippen LogP contribution in [0.3, 0.4) is 0 Å². The minimum Gasteiger partial charge on any atom is -0.348 e. The van der Waals surface area contributed by atoms with E-state index < -0.39 is 0 Å². The third kappa shape index (κ3) is 4.83. The summed E-state index contributed by atoms with van der Waals surface area (Å²) in [6.07, 6.45) is 3.96. The SMILES string of the molecule is CCc1cccc(C)c1Nc1ncc(C(=O)NCc2ccc(Cl)cc2)cn1. The quantitative estimate of drug-likeness (QED) is 0.651. The number of benzene rings is 2. The van der Waals surface area contributed by atoms with Gasteiger partial charge in [0.05, 0.1) is 5.56 Å². The van der Waals surface area contributed by atoms with E-state index in [4.69, 9.17) is 11.6 Å². The molecule has 0 aliphatic heterocycles. The van der Waals surface area contributed by atoms with Crippen LogP contribution in [0.4, 0.5) is 11.6 Å². The van der Waals surface area contributed by atoms with Gasteiger partial charge in [0, 0.05) is 29.6 Å². The Labute approximate surface area is 163 Å². The fourth-order valence-electron chi connectivity index (χ4n) is 2.71. The number of amides is 1. The fourth-order valence-corrected chi connectivity index (χ4v) is 2.84. The van der Waals surface area contributed by atoms with Crippen LogP contribution in [0.15, 0.2) is 54.9 Å². The van der Waals surface area contributed by atoms with Crippen molar-refractivity contribution in [1.82, 2.24) is 15.3 Å². The van der Waals surface area contributed by atoms with Crippen molar-refractivity contribution in [3.8, 4) is 0 Å². The zero-order valence-electron chi connectivity index (χ0n) is 15.3. The summed E-state index contributed by atoms with van der Waals surface area (Å²) in [7, 11) is 0. The van der Waals surface area contributed by atoms with Crippen molar-refractivity contribution >= 4 is 29.1 Å². The van der Waals surface area contributed by atoms with Gasteiger partial charge in [0.15, 0.2) is 0 Å². The molecule has 0 saturated heterocycles. The molecule has 0 unspecified atom stereocenters. The molecule has 0 aliphatic carbocycles. The van der Waals surface area contributed by atoms with Crippen molar-refractivity contribution in [2.24, 2.45) is 0 Å². The van der Waals surface area contributed by atoms with Gasteiger partial charge in [0.1, 0.15) is 0 Å². The Morgan fingerprint density at radius 1 is 1.07 bits per heavy atom. The van der Waals surface area contributed by atoms with Crippen LogP contribution in [0.25, 0.3) is 0 Å². The molecular formula is C21H21ClN4O. The van der Waals surface area contributed by atoms with Gasteiger partial charge in [-0.3, -0.25) is 4.79 Å². The van der Waals surface area contributed by atoms with Crippen LogP contribution in [0.5, 0.6) is 0 Å². The van der Waals surface area contributed by atoms with Gasteiger partial charge in [-0.15, -0.1) is 0 Å². The van der Waals surface area contributed by atoms with E-state index in [1.165, 1.54) is 18.0 Å². The third-order valence-electron chi connectivity index (χ3n) is 4.26. The molecule has 6 heteroatoms. The molecule has 0 saturated carbocycles. The van der Waals surface area contributed by atoms with Gasteiger partial charge in [-0.2, -0.15) is 0 Å². The molecular weight excluding hydrogens is 360 g/mol. The molecule has 0 radical (unpaired) electrons. The number of hydrogen-bond donors (Lipinski definition) is 2. The Morgan fingerprint density at radius 3 is 2.44 bits per heavy atom. The number of halogens is 1. The molecule has 2 N–H and O–H groups in total. The number of hydrogen-bond acceptors (Lipinski definition) is 4. The molecule has 0 bridgehead atoms. The standard InChI is InChI=1S/C21H21ClN4O/c1-3-16-6-4-5-14(2)19(16)26-21-24-12-17(13-25-21)20(27)23-11-15-7-9-18(22)10-8-15/h4-10,12-13H,3,11H2,1-2H3,(H,23,27)(H,24,25,26). The summed E-state index contributed by atoms with van der Waals surface area (Å²) >= 11 is 5.86. The third-order valence-corrected chi connectivity index (χ3v) is 4.51. The number of carbonyl (C=O) groups is 1. The average molecular weight is 381 g/mol. The first-order chi connectivity index (χ1) is 13.1. The van der Waals surface area contributed by atoms with Crippen LogP contribution >= 0.6 is 11.6 Å². The molecule has 0 fully saturated rings. The molecule has 1 aromatic heterocycles. The molecule has 0 atom stereocenters. The van der Waals surface area contributed by atoms with Gasteiger partial charge in [-0.25, -0.2) is 9.97 Å². The van der Waals surface area contributed by atoms with Gasteiger partial charge in [-0.05, 0) is 42.2 Å². The van der Waals surface area contributed by atoms with Crippen molar-refractivity contribution in [3.05, 3.63) is 82.1 Å². The van der Waals surface area contributed by atoms with Crippen LogP contribution in [-0.4, -0.2) is 15.9 Å². The molecule has 1 heterocycles. The van der Waals surface area contributed by atoms with Crippen molar-refractivity contribution in [2.75, 3.05) is 5.32 Å². The number of aromatic nitrogens is 2. The molecule has 138 valence electrons. The molecule has 5 nitrogen and oxygen atoms in total. The predicted molar refractivity (Wildman–Crippen MR) is 108 cm³/mol. The van der Waals surface area contributed by atoms with Gasteiger partial charge in [0.25, 0.3) is 5.91 Å². The topological polar surface area (TPSA) is 66.9 Å². The second-order valence-corrected chi connectivity index (χ2v) is 6.63. The van der Waals surface area contributed by atoms with Crippen LogP contribution in [-0.2, 0) is 13.0 Å². The fraction of sp³-hybridized carbons (Fsp3) is 0.190. The number of carbonyl (C=O) groups excluding carboxylic acids is 1. The summed E-state index contributed by atoms with van der Waals surface area (Å²) in [6, 6.07) is 13.5. The second kappa shape index (κ2) is 8.64. The van der Waals surface area contributed by atoms with Crippen molar-refractivity contribution in [1.29, 1.82) is 0 Å². The summed E-state index contributed by atoms with van der Waals surface area (Å²) in [6.45, 7) is 4.56. The number of para-hydroxylation sites is 1. The van der Waals surface area contributed by atoms with E-state index in [1.807, 2.05) is 31.2 Å². The maximum Gasteiger partial charge on any atom is 0.254 e. The highest BCUT2D eigenvalue weighted by molar-refractivity contribution is 6.30. The number of rotatable bonds is 6. The number of aryl methyl sites for hydroxylation is 2. The lowest BCUT2D eigenvalue weighted by Gasteiger charge is -2.13. The Hall–Kier alpha value is -2.92. The molecule has 3 rings (SSSR count). The molecule has 27 heavy (non-hydrogen) atoms. The molecule has 0 spiro atoms. The van der Waals surface area contributed by atoms with Gasteiger partial charge in [-0.1, -0.05) is 48.9 Å². The van der Waals surface area contributed by atoms with E-state index in [0.717, 1.165) is 23.2 Å². The zero-order valence-corrected chi connectivity index (χ0v) is 16.0. The number of nitrogens with one attached hydrogen (secondary N) is 2. The Kier molecular flexibility index (Phi) is 6.04. The van der Waals surface area contributed by atoms with Gasteiger partial charge in [0.2, 0.25) is 5.95 Å². The Balaban J connectivity index is 1.64. The van der Waals surface area contributed by atoms with Crippen molar-refractivity contribution < 1.29 is 4.79 Å². The first-order valence-electron chi connectivity index (χ1n) is 8.77. The number of nitrogens with zero attached hydrogens (tertiary/aromatic N) is 2. The largest absolute Gasteiger partial charge is 0.348 e. The van der Waals surface area contributed by atoms with Gasteiger partial charge < -0.3 is 10.6 Å². The summed E-state index contributed by atoms with van der Waals surface area (Å²) < 4.78 is 0. The first kappa shape index (κ1) is 18.9. The zero-order chi connectivity index (χ0) is 19.2. The minimum absolute atomic E-state index is 0.221. The number of anilines is 2. The second-order valence-electron chi connectivity index (χ2n) is 6.19. The summed E-state index contributed by atoms with van der Waals surface area (Å²) in [5.74, 6) is 0.245. The van der Waals surface area contributed by atoms with Crippen LogP contribution < -0.4 is 10.6 Å². The lowest BCUT2D eigenvalue weighted by atomic mass is 10.1. The highest BCUT2D eigenvalue weighted by atomic mass is 35.5. The highest BCUT2D eigenvalue weighted by Crippen LogP contribution is 2.23. The monoisotopic (exact) mass is 380 g/mol. The van der Waals surface area contributed by atoms with Crippen molar-refractivity contribution in [3.63, 3.8) is 0 Å². The maximum atomic E-state index is 12.3. The van der Waals surface area contributed by atoms with E-state index in [9.17, 15) is 4.79 Å². The van der Waals surface area contributed by atoms with E-state index in [1.54, 1.807) is 12.1 Å². The molecule has 3 aromatic rings. The summed E-state index contributed by atoms with van der Waals surface area (Å²) in [4.78, 5) is 20.8. The summed E-state index contributed by atoms with van der Waals surface area (Å²) in [5.41, 5.74) is 4.72. The first-order valence-corrected chi connectivity index (χ1v) is 9.15. The van der Waals surface area contributed by atoms with E-state index in [-0.39, 0.29) is 5.91 Å². The van der Waals surface area contributed by atoms with E-state index in [2.05, 4.69) is 33.6 Å². The Morgan fingerprint density at radius 2 is 1.78 bits per heavy atom. The lowest BCUT2D eigenvalue weighted by Crippen LogP contribution is -2.23. The maximum absolute atomic E-state index is 12.3. The predicted octanol–water partition coefficient (Wildman–Crippen LogP) is 4.67. The minimum atomic E-state index is -0.221. The Bertz CT molecular complexity index is 924. The van der Waals surface area contributed by atoms with E-state index >= 15 is 0 Å². The normalized spacial score (nSPS) is 10.5. The highest BCUT2D eigenvalue weighted by Gasteiger charge is 2.09. The molecule has 0 aliphatic rings. The van der Waals surface area contributed by atoms with Crippen LogP contribution in [0.2, 0.25) is 5.02 Å². The van der Waals surface area contributed by atoms with Gasteiger partial charge >= 0.3 is 0 Å². The van der Waals surface area contributed by atoms with Crippen LogP contribution in [0, 0.1) is 6.92 Å². The summed E-state index contributed by atoms with van der Waals surface area (Å²) in [5, 5.41) is 6.77. The molecule has 1 amide bonds. The average Bonchev–Trinajstić information content (AvgIpc) is 2.69.